The highest BCUT2D eigenvalue weighted by molar-refractivity contribution is 5.78. The van der Waals surface area contributed by atoms with E-state index in [9.17, 15) is 22.7 Å². The fourth-order valence-electron chi connectivity index (χ4n) is 1.37. The Morgan fingerprint density at radius 2 is 1.60 bits per heavy atom. The Bertz CT molecular complexity index is 643. The second-order valence-corrected chi connectivity index (χ2v) is 3.34. The summed E-state index contributed by atoms with van der Waals surface area (Å²) in [6.07, 6.45) is 0. The molecule has 0 saturated carbocycles. The van der Waals surface area contributed by atoms with Gasteiger partial charge in [-0.25, -0.2) is 17.6 Å². The molecule has 1 aromatic rings. The van der Waals surface area contributed by atoms with Crippen molar-refractivity contribution < 1.29 is 27.4 Å². The SMILES string of the molecule is CCO/C(O)=C(\C#N)c1c(F)c(F)c(C#N)c(F)c1F. The van der Waals surface area contributed by atoms with E-state index in [0.29, 0.717) is 0 Å². The van der Waals surface area contributed by atoms with Crippen molar-refractivity contribution in [1.29, 1.82) is 10.5 Å². The molecule has 1 N–H and O–H groups in total. The maximum atomic E-state index is 13.6. The number of rotatable bonds is 3. The molecule has 104 valence electrons. The molecule has 0 aromatic heterocycles. The topological polar surface area (TPSA) is 77.0 Å². The molecule has 0 aliphatic carbocycles. The zero-order chi connectivity index (χ0) is 15.4. The van der Waals surface area contributed by atoms with Crippen molar-refractivity contribution in [2.45, 2.75) is 6.92 Å². The summed E-state index contributed by atoms with van der Waals surface area (Å²) in [5, 5.41) is 26.5. The summed E-state index contributed by atoms with van der Waals surface area (Å²) in [4.78, 5) is 0. The Kier molecular flexibility index (Phi) is 4.54. The molecule has 1 aromatic carbocycles. The summed E-state index contributed by atoms with van der Waals surface area (Å²) >= 11 is 0. The maximum Gasteiger partial charge on any atom is 0.296 e. The van der Waals surface area contributed by atoms with E-state index in [-0.39, 0.29) is 6.61 Å². The molecule has 4 nitrogen and oxygen atoms in total. The average Bonchev–Trinajstić information content (AvgIpc) is 2.42. The molecular weight excluding hydrogens is 280 g/mol. The Labute approximate surface area is 110 Å². The molecule has 0 spiro atoms. The van der Waals surface area contributed by atoms with Gasteiger partial charge in [0.15, 0.2) is 23.3 Å². The molecule has 8 heteroatoms. The molecule has 0 aliphatic heterocycles. The highest BCUT2D eigenvalue weighted by Gasteiger charge is 2.29. The monoisotopic (exact) mass is 286 g/mol. The molecule has 0 fully saturated rings. The molecule has 0 unspecified atom stereocenters. The van der Waals surface area contributed by atoms with Gasteiger partial charge in [0.2, 0.25) is 0 Å². The van der Waals surface area contributed by atoms with E-state index in [1.54, 1.807) is 0 Å². The van der Waals surface area contributed by atoms with Crippen LogP contribution in [-0.4, -0.2) is 11.7 Å². The zero-order valence-electron chi connectivity index (χ0n) is 9.97. The minimum Gasteiger partial charge on any atom is -0.480 e. The molecule has 0 amide bonds. The van der Waals surface area contributed by atoms with Crippen LogP contribution in [0.1, 0.15) is 18.1 Å². The van der Waals surface area contributed by atoms with E-state index in [0.717, 1.165) is 6.07 Å². The van der Waals surface area contributed by atoms with Crippen LogP contribution in [0, 0.1) is 45.9 Å². The van der Waals surface area contributed by atoms with Crippen LogP contribution in [0.25, 0.3) is 5.57 Å². The smallest absolute Gasteiger partial charge is 0.296 e. The fourth-order valence-corrected chi connectivity index (χ4v) is 1.37. The first kappa shape index (κ1) is 15.3. The second kappa shape index (κ2) is 5.93. The minimum absolute atomic E-state index is 0.151. The van der Waals surface area contributed by atoms with E-state index < -0.39 is 45.9 Å². The van der Waals surface area contributed by atoms with Gasteiger partial charge in [-0.15, -0.1) is 0 Å². The summed E-state index contributed by atoms with van der Waals surface area (Å²) in [5.41, 5.74) is -4.02. The number of hydrogen-bond donors (Lipinski definition) is 1. The number of nitrogens with zero attached hydrogens (tertiary/aromatic N) is 2. The van der Waals surface area contributed by atoms with Crippen LogP contribution in [0.2, 0.25) is 0 Å². The Morgan fingerprint density at radius 1 is 1.10 bits per heavy atom. The minimum atomic E-state index is -1.97. The van der Waals surface area contributed by atoms with Crippen molar-refractivity contribution in [3.05, 3.63) is 40.3 Å². The van der Waals surface area contributed by atoms with Crippen molar-refractivity contribution in [1.82, 2.24) is 0 Å². The highest BCUT2D eigenvalue weighted by atomic mass is 19.2. The van der Waals surface area contributed by atoms with E-state index >= 15 is 0 Å². The number of allylic oxidation sites excluding steroid dienone is 1. The third-order valence-electron chi connectivity index (χ3n) is 2.23. The van der Waals surface area contributed by atoms with E-state index in [1.165, 1.54) is 13.0 Å². The molecule has 0 bridgehead atoms. The highest BCUT2D eigenvalue weighted by Crippen LogP contribution is 2.30. The predicted octanol–water partition coefficient (Wildman–Crippen LogP) is 2.90. The van der Waals surface area contributed by atoms with Crippen LogP contribution in [0.4, 0.5) is 17.6 Å². The van der Waals surface area contributed by atoms with Crippen molar-refractivity contribution in [3.8, 4) is 12.1 Å². The summed E-state index contributed by atoms with van der Waals surface area (Å²) in [6, 6.07) is 2.15. The van der Waals surface area contributed by atoms with Crippen LogP contribution in [0.3, 0.4) is 0 Å². The van der Waals surface area contributed by atoms with Gasteiger partial charge in [-0.2, -0.15) is 10.5 Å². The zero-order valence-corrected chi connectivity index (χ0v) is 9.97. The van der Waals surface area contributed by atoms with Crippen molar-refractivity contribution in [2.75, 3.05) is 6.61 Å². The summed E-state index contributed by atoms with van der Waals surface area (Å²) in [6.45, 7) is 1.25. The van der Waals surface area contributed by atoms with Gasteiger partial charge in [0.1, 0.15) is 23.3 Å². The number of hydrogen-bond acceptors (Lipinski definition) is 4. The normalized spacial score (nSPS) is 11.3. The van der Waals surface area contributed by atoms with Gasteiger partial charge in [0.25, 0.3) is 5.95 Å². The number of aliphatic hydroxyl groups excluding tert-OH is 1. The van der Waals surface area contributed by atoms with Gasteiger partial charge in [0, 0.05) is 0 Å². The Balaban J connectivity index is 3.77. The van der Waals surface area contributed by atoms with Crippen LogP contribution in [0.15, 0.2) is 5.95 Å². The van der Waals surface area contributed by atoms with Gasteiger partial charge in [-0.1, -0.05) is 0 Å². The quantitative estimate of drug-likeness (QED) is 0.401. The first-order chi connectivity index (χ1) is 9.40. The predicted molar refractivity (Wildman–Crippen MR) is 57.8 cm³/mol. The first-order valence-corrected chi connectivity index (χ1v) is 5.13. The maximum absolute atomic E-state index is 13.6. The number of aliphatic hydroxyl groups is 1. The number of ether oxygens (including phenoxy) is 1. The van der Waals surface area contributed by atoms with Crippen molar-refractivity contribution >= 4 is 5.57 Å². The second-order valence-electron chi connectivity index (χ2n) is 3.34. The molecule has 0 heterocycles. The van der Waals surface area contributed by atoms with Gasteiger partial charge in [-0.05, 0) is 6.92 Å². The van der Waals surface area contributed by atoms with Crippen molar-refractivity contribution in [3.63, 3.8) is 0 Å². The van der Waals surface area contributed by atoms with Gasteiger partial charge in [0.05, 0.1) is 12.2 Å². The Hall–Kier alpha value is -2.74. The van der Waals surface area contributed by atoms with Gasteiger partial charge in [-0.3, -0.25) is 0 Å². The lowest BCUT2D eigenvalue weighted by atomic mass is 10.0. The van der Waals surface area contributed by atoms with Gasteiger partial charge < -0.3 is 9.84 Å². The molecule has 1 rings (SSSR count). The first-order valence-electron chi connectivity index (χ1n) is 5.13. The lowest BCUT2D eigenvalue weighted by Crippen LogP contribution is -2.08. The summed E-state index contributed by atoms with van der Waals surface area (Å²) in [7, 11) is 0. The lowest BCUT2D eigenvalue weighted by Gasteiger charge is -2.09. The fraction of sp³-hybridized carbons (Fsp3) is 0.167. The van der Waals surface area contributed by atoms with E-state index in [2.05, 4.69) is 4.74 Å². The molecule has 0 saturated heterocycles. The number of benzene rings is 1. The third-order valence-corrected chi connectivity index (χ3v) is 2.23. The standard InChI is InChI=1S/C12H6F4N2O2/c1-2-20-12(19)5(3-17)7-10(15)8(13)6(4-18)9(14)11(7)16/h19H,2H2,1H3/b12-5+. The van der Waals surface area contributed by atoms with E-state index in [4.69, 9.17) is 10.5 Å². The third kappa shape index (κ3) is 2.36. The largest absolute Gasteiger partial charge is 0.480 e. The summed E-state index contributed by atoms with van der Waals surface area (Å²) < 4.78 is 58.5. The lowest BCUT2D eigenvalue weighted by molar-refractivity contribution is 0.105. The van der Waals surface area contributed by atoms with Gasteiger partial charge >= 0.3 is 0 Å². The Morgan fingerprint density at radius 3 is 1.95 bits per heavy atom. The number of halogens is 4. The van der Waals surface area contributed by atoms with Crippen molar-refractivity contribution in [2.24, 2.45) is 0 Å². The van der Waals surface area contributed by atoms with Crippen LogP contribution >= 0.6 is 0 Å². The molecule has 0 radical (unpaired) electrons. The van der Waals surface area contributed by atoms with Crippen LogP contribution < -0.4 is 0 Å². The molecule has 0 aliphatic rings. The number of nitriles is 2. The molecule has 0 atom stereocenters. The van der Waals surface area contributed by atoms with E-state index in [1.807, 2.05) is 0 Å². The summed E-state index contributed by atoms with van der Waals surface area (Å²) in [5.74, 6) is -9.04. The molecular formula is C12H6F4N2O2. The average molecular weight is 286 g/mol. The van der Waals surface area contributed by atoms with Crippen LogP contribution in [-0.2, 0) is 4.74 Å². The molecule has 20 heavy (non-hydrogen) atoms. The van der Waals surface area contributed by atoms with Crippen LogP contribution in [0.5, 0.6) is 0 Å².